The van der Waals surface area contributed by atoms with Crippen LogP contribution in [0.5, 0.6) is 5.75 Å². The number of phenols is 1. The summed E-state index contributed by atoms with van der Waals surface area (Å²) in [6.07, 6.45) is 10.9. The standard InChI is InChI=1S/C22H22N6O3.2ClH/c1-25-8-10-27(14-25)12-20(29)23-18-5-3-4-17-16(18)6-7-19(22(17)31)24-21(30)13-28-11-9-26(2)15-28;;/h3-11,14-15H,12-13H2,1-2H3,(H-2,23,24,29,30,31);2*1H. The van der Waals surface area contributed by atoms with Gasteiger partial charge in [-0.05, 0) is 18.2 Å². The summed E-state index contributed by atoms with van der Waals surface area (Å²) < 4.78 is 7.21. The largest absolute Gasteiger partial charge is 1.00 e. The number of nitrogens with zero attached hydrogens (tertiary/aromatic N) is 4. The Bertz CT molecular complexity index is 1280. The fourth-order valence-electron chi connectivity index (χ4n) is 3.45. The number of nitrogens with one attached hydrogen (secondary N) is 2. The zero-order valence-corrected chi connectivity index (χ0v) is 19.6. The van der Waals surface area contributed by atoms with E-state index in [4.69, 9.17) is 0 Å². The van der Waals surface area contributed by atoms with Crippen molar-refractivity contribution in [3.63, 3.8) is 0 Å². The Labute approximate surface area is 203 Å². The Morgan fingerprint density at radius 1 is 0.818 bits per heavy atom. The van der Waals surface area contributed by atoms with E-state index in [1.54, 1.807) is 52.0 Å². The summed E-state index contributed by atoms with van der Waals surface area (Å²) in [5.41, 5.74) is 0.907. The lowest BCUT2D eigenvalue weighted by Gasteiger charge is -2.12. The van der Waals surface area contributed by atoms with Crippen LogP contribution in [-0.2, 0) is 36.8 Å². The summed E-state index contributed by atoms with van der Waals surface area (Å²) in [5.74, 6) is -0.479. The first-order chi connectivity index (χ1) is 14.9. The van der Waals surface area contributed by atoms with Gasteiger partial charge in [0.2, 0.25) is 12.7 Å². The van der Waals surface area contributed by atoms with E-state index in [2.05, 4.69) is 10.6 Å². The second kappa shape index (κ2) is 10.8. The molecule has 0 saturated carbocycles. The Balaban J connectivity index is 0.00000193. The third kappa shape index (κ3) is 6.03. The van der Waals surface area contributed by atoms with Crippen molar-refractivity contribution >= 4 is 34.0 Å². The minimum absolute atomic E-state index is 0. The maximum Gasteiger partial charge on any atom is 0.266 e. The van der Waals surface area contributed by atoms with Gasteiger partial charge in [0.05, 0.1) is 19.8 Å². The summed E-state index contributed by atoms with van der Waals surface area (Å²) in [5, 5.41) is 17.6. The molecule has 2 heterocycles. The number of phenolic OH excluding ortho intramolecular Hbond substituents is 1. The number of imidazole rings is 2. The van der Waals surface area contributed by atoms with Crippen molar-refractivity contribution in [1.29, 1.82) is 0 Å². The molecule has 33 heavy (non-hydrogen) atoms. The summed E-state index contributed by atoms with van der Waals surface area (Å²) in [6.45, 7) is 0.306. The first-order valence-electron chi connectivity index (χ1n) is 9.75. The Hall–Kier alpha value is -3.56. The zero-order chi connectivity index (χ0) is 22.0. The number of aromatic hydroxyl groups is 1. The van der Waals surface area contributed by atoms with Crippen molar-refractivity contribution in [1.82, 2.24) is 9.13 Å². The Morgan fingerprint density at radius 2 is 1.36 bits per heavy atom. The topological polar surface area (TPSA) is 96.0 Å². The van der Waals surface area contributed by atoms with Crippen molar-refractivity contribution in [2.75, 3.05) is 10.6 Å². The summed E-state index contributed by atoms with van der Waals surface area (Å²) >= 11 is 0. The molecule has 0 radical (unpaired) electrons. The van der Waals surface area contributed by atoms with Crippen LogP contribution >= 0.6 is 0 Å². The Kier molecular flexibility index (Phi) is 8.44. The molecule has 174 valence electrons. The third-order valence-electron chi connectivity index (χ3n) is 4.88. The highest BCUT2D eigenvalue weighted by atomic mass is 35.5. The molecule has 0 aliphatic carbocycles. The number of aryl methyl sites for hydroxylation is 2. The number of carbonyl (C=O) groups is 2. The predicted molar refractivity (Wildman–Crippen MR) is 114 cm³/mol. The number of carbonyl (C=O) groups excluding carboxylic acids is 2. The monoisotopic (exact) mass is 490 g/mol. The second-order valence-electron chi connectivity index (χ2n) is 7.46. The van der Waals surface area contributed by atoms with Crippen molar-refractivity contribution in [2.24, 2.45) is 14.1 Å². The quantitative estimate of drug-likeness (QED) is 0.187. The first-order valence-corrected chi connectivity index (χ1v) is 9.75. The molecule has 0 bridgehead atoms. The van der Waals surface area contributed by atoms with E-state index in [1.165, 1.54) is 0 Å². The van der Waals surface area contributed by atoms with Gasteiger partial charge in [-0.1, -0.05) is 12.1 Å². The van der Waals surface area contributed by atoms with Crippen LogP contribution in [0.25, 0.3) is 10.8 Å². The fraction of sp³-hybridized carbons (Fsp3) is 0.182. The highest BCUT2D eigenvalue weighted by molar-refractivity contribution is 6.07. The molecule has 11 heteroatoms. The number of hydrogen-bond acceptors (Lipinski definition) is 3. The molecule has 0 spiro atoms. The van der Waals surface area contributed by atoms with Crippen molar-refractivity contribution < 1.29 is 48.6 Å². The van der Waals surface area contributed by atoms with E-state index < -0.39 is 0 Å². The lowest BCUT2D eigenvalue weighted by Crippen LogP contribution is -3.00. The van der Waals surface area contributed by atoms with Gasteiger partial charge in [0, 0.05) is 16.5 Å². The van der Waals surface area contributed by atoms with Crippen molar-refractivity contribution in [2.45, 2.75) is 13.1 Å². The highest BCUT2D eigenvalue weighted by Gasteiger charge is 2.15. The number of benzene rings is 2. The average Bonchev–Trinajstić information content (AvgIpc) is 3.32. The number of anilines is 2. The number of rotatable bonds is 6. The number of hydrogen-bond donors (Lipinski definition) is 3. The third-order valence-corrected chi connectivity index (χ3v) is 4.88. The van der Waals surface area contributed by atoms with Crippen LogP contribution in [0.4, 0.5) is 11.4 Å². The molecule has 2 amide bonds. The van der Waals surface area contributed by atoms with Crippen LogP contribution in [-0.4, -0.2) is 26.1 Å². The van der Waals surface area contributed by atoms with Gasteiger partial charge in [0.15, 0.2) is 13.1 Å². The molecule has 0 unspecified atom stereocenters. The number of halogens is 2. The number of aromatic nitrogens is 4. The van der Waals surface area contributed by atoms with Crippen LogP contribution < -0.4 is 44.6 Å². The van der Waals surface area contributed by atoms with Gasteiger partial charge >= 0.3 is 0 Å². The average molecular weight is 491 g/mol. The van der Waals surface area contributed by atoms with Gasteiger partial charge in [-0.15, -0.1) is 0 Å². The van der Waals surface area contributed by atoms with Gasteiger partial charge in [-0.25, -0.2) is 18.3 Å². The van der Waals surface area contributed by atoms with Gasteiger partial charge in [-0.2, -0.15) is 0 Å². The smallest absolute Gasteiger partial charge is 0.266 e. The van der Waals surface area contributed by atoms with Crippen LogP contribution in [0, 0.1) is 0 Å². The van der Waals surface area contributed by atoms with E-state index in [0.717, 1.165) is 0 Å². The molecule has 9 nitrogen and oxygen atoms in total. The molecular formula is C22H24Cl2N6O3. The maximum absolute atomic E-state index is 12.4. The normalized spacial score (nSPS) is 10.2. The predicted octanol–water partition coefficient (Wildman–Crippen LogP) is -4.92. The van der Waals surface area contributed by atoms with Gasteiger partial charge in [0.25, 0.3) is 11.8 Å². The molecule has 0 fully saturated rings. The van der Waals surface area contributed by atoms with E-state index in [0.29, 0.717) is 22.1 Å². The number of amides is 2. The number of fused-ring (bicyclic) bond motifs is 1. The van der Waals surface area contributed by atoms with Crippen molar-refractivity contribution in [3.05, 3.63) is 67.8 Å². The molecule has 4 aromatic rings. The van der Waals surface area contributed by atoms with Gasteiger partial charge in [-0.3, -0.25) is 9.59 Å². The van der Waals surface area contributed by atoms with E-state index in [9.17, 15) is 14.7 Å². The molecule has 0 aliphatic rings. The molecule has 4 rings (SSSR count). The van der Waals surface area contributed by atoms with Gasteiger partial charge < -0.3 is 40.6 Å². The summed E-state index contributed by atoms with van der Waals surface area (Å²) in [7, 11) is 3.76. The van der Waals surface area contributed by atoms with Crippen molar-refractivity contribution in [3.8, 4) is 5.75 Å². The second-order valence-corrected chi connectivity index (χ2v) is 7.46. The zero-order valence-electron chi connectivity index (χ0n) is 18.1. The lowest BCUT2D eigenvalue weighted by atomic mass is 10.1. The molecule has 3 N–H and O–H groups in total. The molecule has 0 atom stereocenters. The van der Waals surface area contributed by atoms with E-state index >= 15 is 0 Å². The highest BCUT2D eigenvalue weighted by Crippen LogP contribution is 2.36. The van der Waals surface area contributed by atoms with Gasteiger partial charge in [0.1, 0.15) is 30.5 Å². The maximum atomic E-state index is 12.4. The minimum atomic E-state index is -0.254. The molecule has 2 aromatic carbocycles. The first kappa shape index (κ1) is 25.7. The molecule has 0 aliphatic heterocycles. The van der Waals surface area contributed by atoms with Crippen LogP contribution in [0.2, 0.25) is 0 Å². The molecule has 0 saturated heterocycles. The lowest BCUT2D eigenvalue weighted by molar-refractivity contribution is -0.671. The summed E-state index contributed by atoms with van der Waals surface area (Å²) in [4.78, 5) is 24.8. The molecule has 2 aromatic heterocycles. The van der Waals surface area contributed by atoms with Crippen LogP contribution in [0.15, 0.2) is 67.8 Å². The molecular weight excluding hydrogens is 467 g/mol. The van der Waals surface area contributed by atoms with E-state index in [1.807, 2.05) is 48.1 Å². The minimum Gasteiger partial charge on any atom is -1.00 e. The summed E-state index contributed by atoms with van der Waals surface area (Å²) in [6, 6.07) is 8.67. The fourth-order valence-corrected chi connectivity index (χ4v) is 3.45. The van der Waals surface area contributed by atoms with Crippen LogP contribution in [0.1, 0.15) is 0 Å². The Morgan fingerprint density at radius 3 is 1.88 bits per heavy atom. The van der Waals surface area contributed by atoms with E-state index in [-0.39, 0.29) is 55.5 Å². The van der Waals surface area contributed by atoms with Crippen LogP contribution in [0.3, 0.4) is 0 Å². The SMILES string of the molecule is C[n+]1ccn(CC(=O)Nc2ccc3c(NC(=O)Cn4cc[n+](C)c4)cccc3c2O)c1.[Cl-].[Cl-].